The average Bonchev–Trinajstić information content (AvgIpc) is 2.98. The van der Waals surface area contributed by atoms with E-state index in [1.807, 2.05) is 0 Å². The van der Waals surface area contributed by atoms with Gasteiger partial charge in [0, 0.05) is 31.7 Å². The first-order valence-electron chi connectivity index (χ1n) is 9.87. The van der Waals surface area contributed by atoms with E-state index in [9.17, 15) is 0 Å². The summed E-state index contributed by atoms with van der Waals surface area (Å²) in [5, 5.41) is 0. The molecule has 1 saturated heterocycles. The lowest BCUT2D eigenvalue weighted by molar-refractivity contribution is 0.0679. The van der Waals surface area contributed by atoms with Crippen molar-refractivity contribution in [2.24, 2.45) is 0 Å². The van der Waals surface area contributed by atoms with Gasteiger partial charge in [0.1, 0.15) is 5.82 Å². The molecule has 25 heavy (non-hydrogen) atoms. The minimum atomic E-state index is 0.333. The minimum Gasteiger partial charge on any atom is -0.379 e. The Bertz CT molecular complexity index is 677. The number of imidazole rings is 1. The van der Waals surface area contributed by atoms with Crippen LogP contribution in [0, 0.1) is 0 Å². The molecule has 1 aliphatic heterocycles. The van der Waals surface area contributed by atoms with Gasteiger partial charge in [0.05, 0.1) is 17.1 Å². The van der Waals surface area contributed by atoms with Gasteiger partial charge in [0.2, 0.25) is 0 Å². The van der Waals surface area contributed by atoms with Crippen LogP contribution in [-0.4, -0.2) is 46.8 Å². The Labute approximate surface area is 152 Å². The largest absolute Gasteiger partial charge is 0.379 e. The Morgan fingerprint density at radius 2 is 2.00 bits per heavy atom. The number of benzene rings is 1. The fraction of sp³-hybridized carbons (Fsp3) is 0.667. The van der Waals surface area contributed by atoms with Gasteiger partial charge >= 0.3 is 0 Å². The van der Waals surface area contributed by atoms with Crippen LogP contribution in [0.3, 0.4) is 0 Å². The standard InChI is InChI=1S/C21H33N3O/c1-16(2)24-20-11-6-5-10-19(20)22-21(24)18-9-7-12-23(15-18)13-8-14-25-17(3)4/h5-6,10-11,16-18H,7-9,12-15H2,1-4H3/t18-/m0/s1. The summed E-state index contributed by atoms with van der Waals surface area (Å²) >= 11 is 0. The van der Waals surface area contributed by atoms with Crippen molar-refractivity contribution in [3.8, 4) is 0 Å². The number of hydrogen-bond acceptors (Lipinski definition) is 3. The maximum Gasteiger partial charge on any atom is 0.114 e. The lowest BCUT2D eigenvalue weighted by Crippen LogP contribution is -2.36. The number of rotatable bonds is 7. The number of para-hydroxylation sites is 2. The molecule has 0 N–H and O–H groups in total. The maximum absolute atomic E-state index is 5.69. The molecule has 0 radical (unpaired) electrons. The van der Waals surface area contributed by atoms with E-state index >= 15 is 0 Å². The van der Waals surface area contributed by atoms with Crippen molar-refractivity contribution in [1.29, 1.82) is 0 Å². The lowest BCUT2D eigenvalue weighted by atomic mass is 9.96. The molecule has 0 bridgehead atoms. The molecule has 0 aliphatic carbocycles. The molecule has 138 valence electrons. The van der Waals surface area contributed by atoms with Gasteiger partial charge in [-0.2, -0.15) is 0 Å². The van der Waals surface area contributed by atoms with Crippen molar-refractivity contribution in [2.75, 3.05) is 26.2 Å². The van der Waals surface area contributed by atoms with Gasteiger partial charge in [0.25, 0.3) is 0 Å². The highest BCUT2D eigenvalue weighted by Gasteiger charge is 2.26. The molecule has 0 spiro atoms. The van der Waals surface area contributed by atoms with Crippen LogP contribution in [0.1, 0.15) is 64.7 Å². The quantitative estimate of drug-likeness (QED) is 0.688. The summed E-state index contributed by atoms with van der Waals surface area (Å²) in [4.78, 5) is 7.62. The van der Waals surface area contributed by atoms with E-state index in [0.717, 1.165) is 31.6 Å². The third-order valence-electron chi connectivity index (χ3n) is 5.08. The Morgan fingerprint density at radius 3 is 2.76 bits per heavy atom. The number of nitrogens with zero attached hydrogens (tertiary/aromatic N) is 3. The molecule has 0 saturated carbocycles. The maximum atomic E-state index is 5.69. The van der Waals surface area contributed by atoms with E-state index in [1.54, 1.807) is 0 Å². The normalized spacial score (nSPS) is 19.4. The fourth-order valence-corrected chi connectivity index (χ4v) is 3.97. The Morgan fingerprint density at radius 1 is 1.20 bits per heavy atom. The molecule has 0 amide bonds. The first-order valence-corrected chi connectivity index (χ1v) is 9.87. The zero-order chi connectivity index (χ0) is 17.8. The number of aromatic nitrogens is 2. The molecule has 1 atom stereocenters. The summed E-state index contributed by atoms with van der Waals surface area (Å²) in [6.07, 6.45) is 3.96. The lowest BCUT2D eigenvalue weighted by Gasteiger charge is -2.33. The summed E-state index contributed by atoms with van der Waals surface area (Å²) in [5.74, 6) is 1.81. The van der Waals surface area contributed by atoms with E-state index < -0.39 is 0 Å². The molecule has 3 rings (SSSR count). The summed E-state index contributed by atoms with van der Waals surface area (Å²) in [6, 6.07) is 8.99. The molecule has 2 aromatic rings. The molecule has 0 unspecified atom stereocenters. The molecule has 1 aliphatic rings. The van der Waals surface area contributed by atoms with E-state index in [1.165, 1.54) is 30.7 Å². The van der Waals surface area contributed by atoms with Crippen LogP contribution in [0.25, 0.3) is 11.0 Å². The zero-order valence-electron chi connectivity index (χ0n) is 16.2. The number of piperidine rings is 1. The topological polar surface area (TPSA) is 30.3 Å². The van der Waals surface area contributed by atoms with E-state index in [-0.39, 0.29) is 0 Å². The highest BCUT2D eigenvalue weighted by Crippen LogP contribution is 2.31. The van der Waals surface area contributed by atoms with Gasteiger partial charge in [-0.15, -0.1) is 0 Å². The predicted molar refractivity (Wildman–Crippen MR) is 104 cm³/mol. The van der Waals surface area contributed by atoms with Crippen LogP contribution in [0.2, 0.25) is 0 Å². The van der Waals surface area contributed by atoms with E-state index in [0.29, 0.717) is 18.1 Å². The first-order chi connectivity index (χ1) is 12.1. The van der Waals surface area contributed by atoms with Gasteiger partial charge in [-0.25, -0.2) is 4.98 Å². The minimum absolute atomic E-state index is 0.333. The summed E-state index contributed by atoms with van der Waals surface area (Å²) < 4.78 is 8.14. The number of fused-ring (bicyclic) bond motifs is 1. The summed E-state index contributed by atoms with van der Waals surface area (Å²) in [6.45, 7) is 13.1. The number of hydrogen-bond donors (Lipinski definition) is 0. The van der Waals surface area contributed by atoms with Crippen LogP contribution >= 0.6 is 0 Å². The molecule has 2 heterocycles. The van der Waals surface area contributed by atoms with Gasteiger partial charge < -0.3 is 14.2 Å². The summed E-state index contributed by atoms with van der Waals surface area (Å²) in [5.41, 5.74) is 2.41. The van der Waals surface area contributed by atoms with E-state index in [4.69, 9.17) is 9.72 Å². The van der Waals surface area contributed by atoms with Gasteiger partial charge in [-0.3, -0.25) is 0 Å². The third kappa shape index (κ3) is 4.42. The smallest absolute Gasteiger partial charge is 0.114 e. The molecule has 4 nitrogen and oxygen atoms in total. The van der Waals surface area contributed by atoms with Crippen molar-refractivity contribution in [2.45, 2.75) is 65.0 Å². The van der Waals surface area contributed by atoms with E-state index in [2.05, 4.69) is 61.4 Å². The Kier molecular flexibility index (Phi) is 6.13. The van der Waals surface area contributed by atoms with Crippen LogP contribution in [-0.2, 0) is 4.74 Å². The van der Waals surface area contributed by atoms with Gasteiger partial charge in [-0.1, -0.05) is 12.1 Å². The summed E-state index contributed by atoms with van der Waals surface area (Å²) in [7, 11) is 0. The third-order valence-corrected chi connectivity index (χ3v) is 5.08. The van der Waals surface area contributed by atoms with Gasteiger partial charge in [0.15, 0.2) is 0 Å². The SMILES string of the molecule is CC(C)OCCCN1CCC[C@H](c2nc3ccccc3n2C(C)C)C1. The molecule has 4 heteroatoms. The molecular weight excluding hydrogens is 310 g/mol. The van der Waals surface area contributed by atoms with Crippen LogP contribution in [0.5, 0.6) is 0 Å². The fourth-order valence-electron chi connectivity index (χ4n) is 3.97. The van der Waals surface area contributed by atoms with Crippen LogP contribution < -0.4 is 0 Å². The van der Waals surface area contributed by atoms with Crippen molar-refractivity contribution >= 4 is 11.0 Å². The molecule has 1 fully saturated rings. The van der Waals surface area contributed by atoms with Crippen molar-refractivity contribution in [1.82, 2.24) is 14.5 Å². The second-order valence-corrected chi connectivity index (χ2v) is 7.84. The highest BCUT2D eigenvalue weighted by atomic mass is 16.5. The second kappa shape index (κ2) is 8.33. The molecule has 1 aromatic heterocycles. The second-order valence-electron chi connectivity index (χ2n) is 7.84. The molecular formula is C21H33N3O. The van der Waals surface area contributed by atoms with Crippen molar-refractivity contribution in [3.05, 3.63) is 30.1 Å². The number of ether oxygens (including phenoxy) is 1. The van der Waals surface area contributed by atoms with Crippen LogP contribution in [0.4, 0.5) is 0 Å². The number of likely N-dealkylation sites (tertiary alicyclic amines) is 1. The predicted octanol–water partition coefficient (Wildman–Crippen LogP) is 4.61. The van der Waals surface area contributed by atoms with Crippen molar-refractivity contribution < 1.29 is 4.74 Å². The first kappa shape index (κ1) is 18.4. The highest BCUT2D eigenvalue weighted by molar-refractivity contribution is 5.76. The van der Waals surface area contributed by atoms with Gasteiger partial charge in [-0.05, 0) is 65.6 Å². The Balaban J connectivity index is 1.71. The van der Waals surface area contributed by atoms with Crippen molar-refractivity contribution in [3.63, 3.8) is 0 Å². The average molecular weight is 344 g/mol. The molecule has 1 aromatic carbocycles. The zero-order valence-corrected chi connectivity index (χ0v) is 16.2. The monoisotopic (exact) mass is 343 g/mol. The Hall–Kier alpha value is -1.39. The van der Waals surface area contributed by atoms with Crippen LogP contribution in [0.15, 0.2) is 24.3 Å².